The molecule has 1 aliphatic heterocycles. The fourth-order valence-electron chi connectivity index (χ4n) is 2.36. The average molecular weight is 458 g/mol. The zero-order valence-electron chi connectivity index (χ0n) is 14.5. The van der Waals surface area contributed by atoms with Gasteiger partial charge in [-0.2, -0.15) is 0 Å². The third kappa shape index (κ3) is 4.74. The van der Waals surface area contributed by atoms with E-state index in [1.54, 1.807) is 7.05 Å². The van der Waals surface area contributed by atoms with E-state index in [9.17, 15) is 0 Å². The van der Waals surface area contributed by atoms with Crippen LogP contribution in [0.1, 0.15) is 11.6 Å². The molecule has 1 aromatic carbocycles. The fraction of sp³-hybridized carbons (Fsp3) is 0.438. The molecule has 2 N–H and O–H groups in total. The summed E-state index contributed by atoms with van der Waals surface area (Å²) in [5, 5.41) is 14.6. The van der Waals surface area contributed by atoms with Gasteiger partial charge in [0.15, 0.2) is 23.3 Å². The molecule has 9 heteroatoms. The molecule has 25 heavy (non-hydrogen) atoms. The smallest absolute Gasteiger partial charge is 0.191 e. The maximum atomic E-state index is 5.92. The number of para-hydroxylation sites is 2. The van der Waals surface area contributed by atoms with E-state index < -0.39 is 0 Å². The van der Waals surface area contributed by atoms with Crippen LogP contribution in [-0.4, -0.2) is 47.0 Å². The van der Waals surface area contributed by atoms with Crippen molar-refractivity contribution >= 4 is 29.9 Å². The Kier molecular flexibility index (Phi) is 6.85. The number of aryl methyl sites for hydroxylation is 1. The first kappa shape index (κ1) is 19.3. The van der Waals surface area contributed by atoms with E-state index in [0.29, 0.717) is 25.7 Å². The molecule has 0 spiro atoms. The van der Waals surface area contributed by atoms with Crippen LogP contribution >= 0.6 is 24.0 Å². The minimum absolute atomic E-state index is 0. The molecule has 136 valence electrons. The third-order valence-electron chi connectivity index (χ3n) is 3.88. The van der Waals surface area contributed by atoms with E-state index in [-0.39, 0.29) is 30.1 Å². The van der Waals surface area contributed by atoms with E-state index in [1.807, 2.05) is 42.8 Å². The SMILES string of the molecule is CN=C(NCc1nnc(C)n1C)NCC1COc2ccccc2O1.I. The molecule has 1 aromatic heterocycles. The number of aliphatic imine (C=N–C) groups is 1. The first-order valence-electron chi connectivity index (χ1n) is 7.85. The maximum Gasteiger partial charge on any atom is 0.191 e. The summed E-state index contributed by atoms with van der Waals surface area (Å²) in [5.74, 6) is 3.96. The van der Waals surface area contributed by atoms with Gasteiger partial charge in [0.25, 0.3) is 0 Å². The number of nitrogens with zero attached hydrogens (tertiary/aromatic N) is 4. The molecular weight excluding hydrogens is 435 g/mol. The Labute approximate surface area is 164 Å². The van der Waals surface area contributed by atoms with Crippen LogP contribution in [-0.2, 0) is 13.6 Å². The molecule has 0 fully saturated rings. The van der Waals surface area contributed by atoms with E-state index >= 15 is 0 Å². The topological polar surface area (TPSA) is 85.6 Å². The first-order valence-corrected chi connectivity index (χ1v) is 7.85. The van der Waals surface area contributed by atoms with Crippen molar-refractivity contribution in [3.8, 4) is 11.5 Å². The number of guanidine groups is 1. The lowest BCUT2D eigenvalue weighted by molar-refractivity contribution is 0.0936. The first-order chi connectivity index (χ1) is 11.7. The Hall–Kier alpha value is -2.04. The van der Waals surface area contributed by atoms with Crippen LogP contribution in [0.25, 0.3) is 0 Å². The second-order valence-corrected chi connectivity index (χ2v) is 5.53. The number of nitrogens with one attached hydrogen (secondary N) is 2. The number of ether oxygens (including phenoxy) is 2. The summed E-state index contributed by atoms with van der Waals surface area (Å²) in [6.07, 6.45) is -0.0736. The van der Waals surface area contributed by atoms with Gasteiger partial charge in [-0.25, -0.2) is 0 Å². The van der Waals surface area contributed by atoms with Crippen molar-refractivity contribution in [2.24, 2.45) is 12.0 Å². The zero-order chi connectivity index (χ0) is 16.9. The van der Waals surface area contributed by atoms with Crippen LogP contribution in [0.5, 0.6) is 11.5 Å². The summed E-state index contributed by atoms with van der Waals surface area (Å²) in [4.78, 5) is 4.21. The van der Waals surface area contributed by atoms with Gasteiger partial charge < -0.3 is 24.7 Å². The zero-order valence-corrected chi connectivity index (χ0v) is 16.9. The predicted octanol–water partition coefficient (Wildman–Crippen LogP) is 1.25. The summed E-state index contributed by atoms with van der Waals surface area (Å²) in [6.45, 7) is 3.55. The monoisotopic (exact) mass is 458 g/mol. The van der Waals surface area contributed by atoms with Gasteiger partial charge in [0.1, 0.15) is 18.5 Å². The van der Waals surface area contributed by atoms with Gasteiger partial charge in [-0.3, -0.25) is 4.99 Å². The molecule has 0 saturated heterocycles. The highest BCUT2D eigenvalue weighted by Gasteiger charge is 2.20. The molecule has 0 bridgehead atoms. The van der Waals surface area contributed by atoms with Crippen molar-refractivity contribution in [1.29, 1.82) is 0 Å². The Balaban J connectivity index is 0.00000225. The van der Waals surface area contributed by atoms with Crippen molar-refractivity contribution in [3.05, 3.63) is 35.9 Å². The van der Waals surface area contributed by atoms with Gasteiger partial charge in [0.05, 0.1) is 13.1 Å². The minimum Gasteiger partial charge on any atom is -0.486 e. The molecule has 2 aromatic rings. The van der Waals surface area contributed by atoms with Gasteiger partial charge in [0, 0.05) is 14.1 Å². The normalized spacial score (nSPS) is 16.1. The number of rotatable bonds is 4. The van der Waals surface area contributed by atoms with E-state index in [4.69, 9.17) is 9.47 Å². The van der Waals surface area contributed by atoms with E-state index in [1.165, 1.54) is 0 Å². The molecule has 8 nitrogen and oxygen atoms in total. The summed E-state index contributed by atoms with van der Waals surface area (Å²) in [5.41, 5.74) is 0. The van der Waals surface area contributed by atoms with Crippen molar-refractivity contribution in [2.75, 3.05) is 20.2 Å². The average Bonchev–Trinajstić information content (AvgIpc) is 2.93. The Morgan fingerprint density at radius 3 is 2.72 bits per heavy atom. The standard InChI is InChI=1S/C16H22N6O2.HI/c1-11-20-21-15(22(11)3)9-19-16(17-2)18-8-12-10-23-13-6-4-5-7-14(13)24-12;/h4-7,12H,8-10H2,1-3H3,(H2,17,18,19);1H. The van der Waals surface area contributed by atoms with Crippen LogP contribution in [0.15, 0.2) is 29.3 Å². The van der Waals surface area contributed by atoms with Crippen molar-refractivity contribution in [3.63, 3.8) is 0 Å². The Bertz CT molecular complexity index is 733. The Morgan fingerprint density at radius 2 is 2.04 bits per heavy atom. The predicted molar refractivity (Wildman–Crippen MR) is 106 cm³/mol. The van der Waals surface area contributed by atoms with Crippen molar-refractivity contribution in [1.82, 2.24) is 25.4 Å². The molecule has 0 radical (unpaired) electrons. The summed E-state index contributed by atoms with van der Waals surface area (Å²) in [6, 6.07) is 7.68. The molecule has 1 atom stereocenters. The fourth-order valence-corrected chi connectivity index (χ4v) is 2.36. The molecule has 1 unspecified atom stereocenters. The number of benzene rings is 1. The highest BCUT2D eigenvalue weighted by Crippen LogP contribution is 2.30. The van der Waals surface area contributed by atoms with Gasteiger partial charge in [-0.1, -0.05) is 12.1 Å². The number of halogens is 1. The minimum atomic E-state index is -0.0736. The second kappa shape index (κ2) is 8.88. The largest absolute Gasteiger partial charge is 0.486 e. The second-order valence-electron chi connectivity index (χ2n) is 5.53. The molecule has 3 rings (SSSR count). The lowest BCUT2D eigenvalue weighted by atomic mass is 10.2. The van der Waals surface area contributed by atoms with Gasteiger partial charge >= 0.3 is 0 Å². The number of hydrogen-bond acceptors (Lipinski definition) is 5. The van der Waals surface area contributed by atoms with Crippen LogP contribution < -0.4 is 20.1 Å². The number of fused-ring (bicyclic) bond motifs is 1. The lowest BCUT2D eigenvalue weighted by Gasteiger charge is -2.27. The molecule has 1 aliphatic rings. The molecule has 0 aliphatic carbocycles. The molecule has 0 saturated carbocycles. The van der Waals surface area contributed by atoms with Crippen LogP contribution in [0.4, 0.5) is 0 Å². The highest BCUT2D eigenvalue weighted by molar-refractivity contribution is 14.0. The van der Waals surface area contributed by atoms with Crippen molar-refractivity contribution in [2.45, 2.75) is 19.6 Å². The maximum absolute atomic E-state index is 5.92. The quantitative estimate of drug-likeness (QED) is 0.408. The van der Waals surface area contributed by atoms with Crippen LogP contribution in [0, 0.1) is 6.92 Å². The lowest BCUT2D eigenvalue weighted by Crippen LogP contribution is -2.45. The van der Waals surface area contributed by atoms with Crippen LogP contribution in [0.2, 0.25) is 0 Å². The van der Waals surface area contributed by atoms with Gasteiger partial charge in [0.2, 0.25) is 0 Å². The van der Waals surface area contributed by atoms with Gasteiger partial charge in [-0.15, -0.1) is 34.2 Å². The van der Waals surface area contributed by atoms with E-state index in [0.717, 1.165) is 23.1 Å². The molecule has 2 heterocycles. The third-order valence-corrected chi connectivity index (χ3v) is 3.88. The highest BCUT2D eigenvalue weighted by atomic mass is 127. The van der Waals surface area contributed by atoms with Gasteiger partial charge in [-0.05, 0) is 19.1 Å². The van der Waals surface area contributed by atoms with Crippen molar-refractivity contribution < 1.29 is 9.47 Å². The molecule has 0 amide bonds. The van der Waals surface area contributed by atoms with E-state index in [2.05, 4.69) is 25.8 Å². The van der Waals surface area contributed by atoms with Crippen LogP contribution in [0.3, 0.4) is 0 Å². The number of hydrogen-bond donors (Lipinski definition) is 2. The summed E-state index contributed by atoms with van der Waals surface area (Å²) < 4.78 is 13.6. The Morgan fingerprint density at radius 1 is 1.28 bits per heavy atom. The summed E-state index contributed by atoms with van der Waals surface area (Å²) in [7, 11) is 3.66. The molecular formula is C16H23IN6O2. The summed E-state index contributed by atoms with van der Waals surface area (Å²) >= 11 is 0. The number of aromatic nitrogens is 3.